The van der Waals surface area contributed by atoms with Gasteiger partial charge in [0.25, 0.3) is 0 Å². The molecule has 1 aromatic carbocycles. The van der Waals surface area contributed by atoms with Gasteiger partial charge in [-0.15, -0.1) is 0 Å². The van der Waals surface area contributed by atoms with Gasteiger partial charge in [0, 0.05) is 32.0 Å². The van der Waals surface area contributed by atoms with Crippen LogP contribution in [0.25, 0.3) is 0 Å². The normalized spacial score (nSPS) is 22.5. The molecular weight excluding hydrogens is 244 g/mol. The minimum absolute atomic E-state index is 0.0343. The first-order valence-corrected chi connectivity index (χ1v) is 6.64. The molecular formula is C14H18N2O3. The molecule has 2 N–H and O–H groups in total. The third-order valence-corrected chi connectivity index (χ3v) is 3.43. The van der Waals surface area contributed by atoms with E-state index in [4.69, 9.17) is 15.2 Å². The van der Waals surface area contributed by atoms with Crippen molar-refractivity contribution in [3.8, 4) is 11.5 Å². The van der Waals surface area contributed by atoms with Gasteiger partial charge in [-0.05, 0) is 17.7 Å². The lowest BCUT2D eigenvalue weighted by Gasteiger charge is -2.17. The molecule has 1 atom stereocenters. The molecule has 1 amide bonds. The molecule has 0 aromatic heterocycles. The third kappa shape index (κ3) is 2.66. The standard InChI is InChI=1S/C14H18N2O3/c15-11-7-14(17)16(9-11)8-10-2-3-12-13(6-10)19-5-1-4-18-12/h2-3,6,11H,1,4-5,7-9,15H2. The van der Waals surface area contributed by atoms with Crippen molar-refractivity contribution in [2.45, 2.75) is 25.4 Å². The summed E-state index contributed by atoms with van der Waals surface area (Å²) < 4.78 is 11.2. The van der Waals surface area contributed by atoms with Crippen LogP contribution in [0.4, 0.5) is 0 Å². The molecule has 0 radical (unpaired) electrons. The van der Waals surface area contributed by atoms with E-state index >= 15 is 0 Å². The first-order valence-electron chi connectivity index (χ1n) is 6.64. The van der Waals surface area contributed by atoms with Crippen LogP contribution in [0.15, 0.2) is 18.2 Å². The first-order chi connectivity index (χ1) is 9.22. The zero-order valence-electron chi connectivity index (χ0n) is 10.8. The average molecular weight is 262 g/mol. The fourth-order valence-electron chi connectivity index (χ4n) is 2.48. The highest BCUT2D eigenvalue weighted by Crippen LogP contribution is 2.31. The number of hydrogen-bond acceptors (Lipinski definition) is 4. The van der Waals surface area contributed by atoms with Crippen molar-refractivity contribution >= 4 is 5.91 Å². The van der Waals surface area contributed by atoms with Gasteiger partial charge >= 0.3 is 0 Å². The Morgan fingerprint density at radius 1 is 1.26 bits per heavy atom. The maximum Gasteiger partial charge on any atom is 0.224 e. The van der Waals surface area contributed by atoms with Crippen LogP contribution in [0.2, 0.25) is 0 Å². The summed E-state index contributed by atoms with van der Waals surface area (Å²) in [7, 11) is 0. The van der Waals surface area contributed by atoms with Crippen molar-refractivity contribution in [3.05, 3.63) is 23.8 Å². The molecule has 5 heteroatoms. The molecule has 0 aliphatic carbocycles. The maximum absolute atomic E-state index is 11.7. The van der Waals surface area contributed by atoms with Gasteiger partial charge in [-0.25, -0.2) is 0 Å². The van der Waals surface area contributed by atoms with Crippen molar-refractivity contribution < 1.29 is 14.3 Å². The van der Waals surface area contributed by atoms with E-state index < -0.39 is 0 Å². The molecule has 1 saturated heterocycles. The number of carbonyl (C=O) groups is 1. The summed E-state index contributed by atoms with van der Waals surface area (Å²) in [5.74, 6) is 1.68. The van der Waals surface area contributed by atoms with Crippen LogP contribution in [0.1, 0.15) is 18.4 Å². The number of nitrogens with two attached hydrogens (primary N) is 1. The van der Waals surface area contributed by atoms with Crippen molar-refractivity contribution in [1.29, 1.82) is 0 Å². The number of fused-ring (bicyclic) bond motifs is 1. The highest BCUT2D eigenvalue weighted by atomic mass is 16.5. The summed E-state index contributed by atoms with van der Waals surface area (Å²) in [6.45, 7) is 2.58. The van der Waals surface area contributed by atoms with Crippen LogP contribution in [-0.2, 0) is 11.3 Å². The highest BCUT2D eigenvalue weighted by molar-refractivity contribution is 5.79. The van der Waals surface area contributed by atoms with Crippen LogP contribution >= 0.6 is 0 Å². The van der Waals surface area contributed by atoms with Crippen molar-refractivity contribution in [3.63, 3.8) is 0 Å². The zero-order chi connectivity index (χ0) is 13.2. The lowest BCUT2D eigenvalue weighted by atomic mass is 10.2. The van der Waals surface area contributed by atoms with Crippen LogP contribution < -0.4 is 15.2 Å². The summed E-state index contributed by atoms with van der Waals surface area (Å²) in [6.07, 6.45) is 1.34. The summed E-state index contributed by atoms with van der Waals surface area (Å²) in [6, 6.07) is 5.81. The van der Waals surface area contributed by atoms with E-state index in [1.807, 2.05) is 18.2 Å². The molecule has 2 aliphatic heterocycles. The molecule has 5 nitrogen and oxygen atoms in total. The minimum atomic E-state index is -0.0343. The Balaban J connectivity index is 1.75. The molecule has 2 aliphatic rings. The van der Waals surface area contributed by atoms with Gasteiger partial charge in [0.05, 0.1) is 13.2 Å². The van der Waals surface area contributed by atoms with Crippen molar-refractivity contribution in [2.75, 3.05) is 19.8 Å². The maximum atomic E-state index is 11.7. The van der Waals surface area contributed by atoms with Crippen molar-refractivity contribution in [2.24, 2.45) is 5.73 Å². The fraction of sp³-hybridized carbons (Fsp3) is 0.500. The average Bonchev–Trinajstić information content (AvgIpc) is 2.60. The topological polar surface area (TPSA) is 64.8 Å². The second-order valence-corrected chi connectivity index (χ2v) is 5.07. The molecule has 102 valence electrons. The Kier molecular flexibility index (Phi) is 3.29. The summed E-state index contributed by atoms with van der Waals surface area (Å²) in [4.78, 5) is 13.5. The molecule has 2 heterocycles. The van der Waals surface area contributed by atoms with E-state index in [9.17, 15) is 4.79 Å². The van der Waals surface area contributed by atoms with E-state index in [2.05, 4.69) is 0 Å². The lowest BCUT2D eigenvalue weighted by molar-refractivity contribution is -0.128. The van der Waals surface area contributed by atoms with Crippen LogP contribution in [0, 0.1) is 0 Å². The van der Waals surface area contributed by atoms with E-state index in [1.165, 1.54) is 0 Å². The molecule has 19 heavy (non-hydrogen) atoms. The molecule has 1 fully saturated rings. The number of benzene rings is 1. The molecule has 1 aromatic rings. The number of hydrogen-bond donors (Lipinski definition) is 1. The quantitative estimate of drug-likeness (QED) is 0.860. The predicted octanol–water partition coefficient (Wildman–Crippen LogP) is 0.907. The van der Waals surface area contributed by atoms with Gasteiger partial charge in [-0.2, -0.15) is 0 Å². The molecule has 1 unspecified atom stereocenters. The second-order valence-electron chi connectivity index (χ2n) is 5.07. The smallest absolute Gasteiger partial charge is 0.224 e. The minimum Gasteiger partial charge on any atom is -0.490 e. The molecule has 3 rings (SSSR count). The number of likely N-dealkylation sites (tertiary alicyclic amines) is 1. The Bertz CT molecular complexity index is 490. The summed E-state index contributed by atoms with van der Waals surface area (Å²) in [5.41, 5.74) is 6.84. The monoisotopic (exact) mass is 262 g/mol. The molecule has 0 saturated carbocycles. The number of rotatable bonds is 2. The predicted molar refractivity (Wildman–Crippen MR) is 70.1 cm³/mol. The van der Waals surface area contributed by atoms with E-state index in [1.54, 1.807) is 4.90 Å². The lowest BCUT2D eigenvalue weighted by Crippen LogP contribution is -2.27. The first kappa shape index (κ1) is 12.3. The van der Waals surface area contributed by atoms with Gasteiger partial charge in [0.2, 0.25) is 5.91 Å². The van der Waals surface area contributed by atoms with Gasteiger partial charge < -0.3 is 20.1 Å². The summed E-state index contributed by atoms with van der Waals surface area (Å²) >= 11 is 0. The van der Waals surface area contributed by atoms with Gasteiger partial charge in [-0.3, -0.25) is 4.79 Å². The third-order valence-electron chi connectivity index (χ3n) is 3.43. The summed E-state index contributed by atoms with van der Waals surface area (Å²) in [5, 5.41) is 0. The van der Waals surface area contributed by atoms with E-state index in [0.29, 0.717) is 32.7 Å². The molecule has 0 bridgehead atoms. The fourth-order valence-corrected chi connectivity index (χ4v) is 2.48. The number of ether oxygens (including phenoxy) is 2. The zero-order valence-corrected chi connectivity index (χ0v) is 10.8. The van der Waals surface area contributed by atoms with Crippen LogP contribution in [0.3, 0.4) is 0 Å². The highest BCUT2D eigenvalue weighted by Gasteiger charge is 2.26. The molecule has 0 spiro atoms. The van der Waals surface area contributed by atoms with Gasteiger partial charge in [0.15, 0.2) is 11.5 Å². The number of amides is 1. The van der Waals surface area contributed by atoms with Crippen LogP contribution in [0.5, 0.6) is 11.5 Å². The van der Waals surface area contributed by atoms with Crippen LogP contribution in [-0.4, -0.2) is 36.6 Å². The van der Waals surface area contributed by atoms with E-state index in [-0.39, 0.29) is 11.9 Å². The Hall–Kier alpha value is -1.75. The largest absolute Gasteiger partial charge is 0.490 e. The number of nitrogens with zero attached hydrogens (tertiary/aromatic N) is 1. The Morgan fingerprint density at radius 2 is 2.05 bits per heavy atom. The number of carbonyl (C=O) groups excluding carboxylic acids is 1. The second kappa shape index (κ2) is 5.09. The van der Waals surface area contributed by atoms with Gasteiger partial charge in [-0.1, -0.05) is 6.07 Å². The van der Waals surface area contributed by atoms with Crippen molar-refractivity contribution in [1.82, 2.24) is 4.90 Å². The Morgan fingerprint density at radius 3 is 2.79 bits per heavy atom. The SMILES string of the molecule is NC1CC(=O)N(Cc2ccc3c(c2)OCCCO3)C1. The van der Waals surface area contributed by atoms with Gasteiger partial charge in [0.1, 0.15) is 0 Å². The Labute approximate surface area is 112 Å². The van der Waals surface area contributed by atoms with E-state index in [0.717, 1.165) is 23.5 Å².